The third-order valence-corrected chi connectivity index (χ3v) is 6.37. The van der Waals surface area contributed by atoms with E-state index in [9.17, 15) is 0 Å². The lowest BCUT2D eigenvalue weighted by Crippen LogP contribution is -2.43. The molecule has 1 saturated carbocycles. The van der Waals surface area contributed by atoms with Crippen molar-refractivity contribution < 1.29 is 9.15 Å². The number of rotatable bonds is 11. The first-order valence-electron chi connectivity index (χ1n) is 11.4. The van der Waals surface area contributed by atoms with Crippen LogP contribution in [-0.2, 0) is 24.4 Å². The third kappa shape index (κ3) is 7.11. The molecule has 1 aliphatic rings. The van der Waals surface area contributed by atoms with Crippen molar-refractivity contribution in [3.63, 3.8) is 0 Å². The van der Waals surface area contributed by atoms with Crippen molar-refractivity contribution in [2.75, 3.05) is 34.4 Å². The molecule has 0 bridgehead atoms. The molecule has 1 aliphatic carbocycles. The van der Waals surface area contributed by atoms with E-state index in [1.165, 1.54) is 36.8 Å². The number of furan rings is 1. The molecular weight excluding hydrogens is 388 g/mol. The zero-order valence-corrected chi connectivity index (χ0v) is 19.3. The minimum absolute atomic E-state index is 0.333. The SMILES string of the molecule is CN=C(NCc1ccccc1CN(C)Cc1ccco1)NCC1(CCOC)CCCC1. The standard InChI is InChI=1S/C25H38N4O2/c1-26-24(28-20-25(14-16-30-3)12-6-7-13-25)27-17-21-9-4-5-10-22(21)18-29(2)19-23-11-8-15-31-23/h4-5,8-11,15H,6-7,12-14,16-20H2,1-3H3,(H2,26,27,28). The van der Waals surface area contributed by atoms with Gasteiger partial charge < -0.3 is 19.8 Å². The summed E-state index contributed by atoms with van der Waals surface area (Å²) in [5.74, 6) is 1.85. The second kappa shape index (κ2) is 11.9. The molecule has 0 unspecified atom stereocenters. The van der Waals surface area contributed by atoms with Gasteiger partial charge >= 0.3 is 0 Å². The van der Waals surface area contributed by atoms with Gasteiger partial charge in [-0.05, 0) is 55.0 Å². The van der Waals surface area contributed by atoms with E-state index in [2.05, 4.69) is 51.8 Å². The van der Waals surface area contributed by atoms with Crippen LogP contribution in [0.3, 0.4) is 0 Å². The average Bonchev–Trinajstić information content (AvgIpc) is 3.46. The molecule has 0 radical (unpaired) electrons. The Balaban J connectivity index is 1.53. The van der Waals surface area contributed by atoms with Crippen LogP contribution in [-0.4, -0.2) is 45.2 Å². The number of hydrogen-bond acceptors (Lipinski definition) is 4. The topological polar surface area (TPSA) is 62.0 Å². The van der Waals surface area contributed by atoms with E-state index >= 15 is 0 Å². The van der Waals surface area contributed by atoms with Gasteiger partial charge in [0.05, 0.1) is 12.8 Å². The average molecular weight is 427 g/mol. The van der Waals surface area contributed by atoms with Gasteiger partial charge in [0.15, 0.2) is 5.96 Å². The molecular formula is C25H38N4O2. The molecule has 31 heavy (non-hydrogen) atoms. The van der Waals surface area contributed by atoms with Gasteiger partial charge in [0.1, 0.15) is 5.76 Å². The van der Waals surface area contributed by atoms with E-state index in [1.54, 1.807) is 13.4 Å². The van der Waals surface area contributed by atoms with E-state index in [1.807, 2.05) is 19.2 Å². The molecule has 1 heterocycles. The zero-order chi connectivity index (χ0) is 21.9. The summed E-state index contributed by atoms with van der Waals surface area (Å²) < 4.78 is 10.8. The molecule has 0 atom stereocenters. The highest BCUT2D eigenvalue weighted by Gasteiger charge is 2.33. The van der Waals surface area contributed by atoms with Crippen molar-refractivity contribution in [2.45, 2.75) is 51.7 Å². The number of ether oxygens (including phenoxy) is 1. The summed E-state index contributed by atoms with van der Waals surface area (Å²) in [6.07, 6.45) is 8.01. The number of nitrogens with one attached hydrogen (secondary N) is 2. The number of guanidine groups is 1. The van der Waals surface area contributed by atoms with Gasteiger partial charge in [0, 0.05) is 40.4 Å². The highest BCUT2D eigenvalue weighted by Crippen LogP contribution is 2.40. The molecule has 1 aromatic heterocycles. The van der Waals surface area contributed by atoms with Gasteiger partial charge in [-0.15, -0.1) is 0 Å². The van der Waals surface area contributed by atoms with Crippen molar-refractivity contribution >= 4 is 5.96 Å². The van der Waals surface area contributed by atoms with Crippen LogP contribution in [0, 0.1) is 5.41 Å². The Morgan fingerprint density at radius 2 is 1.87 bits per heavy atom. The highest BCUT2D eigenvalue weighted by atomic mass is 16.5. The maximum atomic E-state index is 5.48. The Hall–Kier alpha value is -2.31. The second-order valence-electron chi connectivity index (χ2n) is 8.75. The van der Waals surface area contributed by atoms with E-state index in [4.69, 9.17) is 9.15 Å². The lowest BCUT2D eigenvalue weighted by atomic mass is 9.83. The summed E-state index contributed by atoms with van der Waals surface area (Å²) in [7, 11) is 5.75. The summed E-state index contributed by atoms with van der Waals surface area (Å²) in [6, 6.07) is 12.5. The van der Waals surface area contributed by atoms with Crippen molar-refractivity contribution in [3.05, 3.63) is 59.5 Å². The van der Waals surface area contributed by atoms with E-state index in [-0.39, 0.29) is 0 Å². The molecule has 0 saturated heterocycles. The summed E-state index contributed by atoms with van der Waals surface area (Å²) in [5, 5.41) is 7.09. The Bertz CT molecular complexity index is 798. The van der Waals surface area contributed by atoms with E-state index in [0.717, 1.165) is 50.9 Å². The van der Waals surface area contributed by atoms with Crippen LogP contribution in [0.15, 0.2) is 52.1 Å². The molecule has 6 heteroatoms. The van der Waals surface area contributed by atoms with Crippen LogP contribution < -0.4 is 10.6 Å². The van der Waals surface area contributed by atoms with Gasteiger partial charge in [-0.25, -0.2) is 0 Å². The molecule has 3 rings (SSSR count). The number of benzene rings is 1. The lowest BCUT2D eigenvalue weighted by Gasteiger charge is -2.30. The molecule has 170 valence electrons. The first-order valence-corrected chi connectivity index (χ1v) is 11.4. The Labute approximate surface area is 187 Å². The summed E-state index contributed by atoms with van der Waals surface area (Å²) in [5.41, 5.74) is 2.93. The Kier molecular flexibility index (Phi) is 8.98. The molecule has 0 aliphatic heterocycles. The van der Waals surface area contributed by atoms with Gasteiger partial charge in [0.2, 0.25) is 0 Å². The van der Waals surface area contributed by atoms with Crippen LogP contribution in [0.1, 0.15) is 49.0 Å². The molecule has 0 amide bonds. The Morgan fingerprint density at radius 1 is 1.10 bits per heavy atom. The molecule has 0 spiro atoms. The normalized spacial score (nSPS) is 16.1. The summed E-state index contributed by atoms with van der Waals surface area (Å²) in [6.45, 7) is 4.18. The summed E-state index contributed by atoms with van der Waals surface area (Å²) >= 11 is 0. The van der Waals surface area contributed by atoms with Gasteiger partial charge in [0.25, 0.3) is 0 Å². The molecule has 1 aromatic carbocycles. The fraction of sp³-hybridized carbons (Fsp3) is 0.560. The Morgan fingerprint density at radius 3 is 2.55 bits per heavy atom. The number of aliphatic imine (C=N–C) groups is 1. The first kappa shape index (κ1) is 23.4. The lowest BCUT2D eigenvalue weighted by molar-refractivity contribution is 0.138. The largest absolute Gasteiger partial charge is 0.468 e. The quantitative estimate of drug-likeness (QED) is 0.417. The zero-order valence-electron chi connectivity index (χ0n) is 19.3. The number of nitrogens with zero attached hydrogens (tertiary/aromatic N) is 2. The van der Waals surface area contributed by atoms with Crippen molar-refractivity contribution in [2.24, 2.45) is 10.4 Å². The third-order valence-electron chi connectivity index (χ3n) is 6.37. The van der Waals surface area contributed by atoms with Crippen molar-refractivity contribution in [1.29, 1.82) is 0 Å². The molecule has 6 nitrogen and oxygen atoms in total. The van der Waals surface area contributed by atoms with Crippen LogP contribution >= 0.6 is 0 Å². The molecule has 2 aromatic rings. The van der Waals surface area contributed by atoms with Gasteiger partial charge in [-0.2, -0.15) is 0 Å². The van der Waals surface area contributed by atoms with Crippen LogP contribution in [0.2, 0.25) is 0 Å². The molecule has 2 N–H and O–H groups in total. The minimum atomic E-state index is 0.333. The maximum Gasteiger partial charge on any atom is 0.191 e. The maximum absolute atomic E-state index is 5.48. The second-order valence-corrected chi connectivity index (χ2v) is 8.75. The minimum Gasteiger partial charge on any atom is -0.468 e. The first-order chi connectivity index (χ1) is 15.1. The van der Waals surface area contributed by atoms with Crippen LogP contribution in [0.25, 0.3) is 0 Å². The highest BCUT2D eigenvalue weighted by molar-refractivity contribution is 5.79. The van der Waals surface area contributed by atoms with Crippen LogP contribution in [0.5, 0.6) is 0 Å². The fourth-order valence-electron chi connectivity index (χ4n) is 4.53. The molecule has 1 fully saturated rings. The number of methoxy groups -OCH3 is 1. The smallest absolute Gasteiger partial charge is 0.191 e. The predicted molar refractivity (Wildman–Crippen MR) is 126 cm³/mol. The predicted octanol–water partition coefficient (Wildman–Crippen LogP) is 4.17. The van der Waals surface area contributed by atoms with Gasteiger partial charge in [-0.1, -0.05) is 37.1 Å². The summed E-state index contributed by atoms with van der Waals surface area (Å²) in [4.78, 5) is 6.72. The monoisotopic (exact) mass is 426 g/mol. The van der Waals surface area contributed by atoms with E-state index in [0.29, 0.717) is 5.41 Å². The van der Waals surface area contributed by atoms with Crippen molar-refractivity contribution in [1.82, 2.24) is 15.5 Å². The van der Waals surface area contributed by atoms with E-state index < -0.39 is 0 Å². The van der Waals surface area contributed by atoms with Crippen LogP contribution in [0.4, 0.5) is 0 Å². The van der Waals surface area contributed by atoms with Gasteiger partial charge in [-0.3, -0.25) is 9.89 Å². The van der Waals surface area contributed by atoms with Crippen molar-refractivity contribution in [3.8, 4) is 0 Å². The fourth-order valence-corrected chi connectivity index (χ4v) is 4.53. The number of hydrogen-bond donors (Lipinski definition) is 2.